The van der Waals surface area contributed by atoms with Crippen molar-refractivity contribution in [2.24, 2.45) is 4.99 Å². The van der Waals surface area contributed by atoms with E-state index < -0.39 is 0 Å². The molecule has 1 saturated heterocycles. The third-order valence-corrected chi connectivity index (χ3v) is 3.62. The molecule has 1 heterocycles. The third kappa shape index (κ3) is 4.84. The number of piperidine rings is 1. The van der Waals surface area contributed by atoms with Crippen LogP contribution in [0.1, 0.15) is 47.0 Å². The maximum Gasteiger partial charge on any atom is 0.191 e. The van der Waals surface area contributed by atoms with Crippen LogP contribution in [0.3, 0.4) is 0 Å². The summed E-state index contributed by atoms with van der Waals surface area (Å²) in [7, 11) is 0. The summed E-state index contributed by atoms with van der Waals surface area (Å²) in [4.78, 5) is 7.27. The van der Waals surface area contributed by atoms with E-state index in [1.807, 2.05) is 0 Å². The van der Waals surface area contributed by atoms with Gasteiger partial charge in [0.2, 0.25) is 0 Å². The molecule has 4 heteroatoms. The molecule has 2 unspecified atom stereocenters. The van der Waals surface area contributed by atoms with Gasteiger partial charge in [0.15, 0.2) is 5.96 Å². The summed E-state index contributed by atoms with van der Waals surface area (Å²) in [6.45, 7) is 12.8. The Balaban J connectivity index is 2.45. The fourth-order valence-corrected chi connectivity index (χ4v) is 2.61. The standard InChI is InChI=1S/C14H30N4/c1-5-15-14(16-6-2)17-11-13(4)18-10-8-7-9-12(18)3/h12-13H,5-11H2,1-4H3,(H2,15,16,17). The maximum absolute atomic E-state index is 4.67. The molecular formula is C14H30N4. The van der Waals surface area contributed by atoms with E-state index in [9.17, 15) is 0 Å². The fourth-order valence-electron chi connectivity index (χ4n) is 2.61. The number of hydrogen-bond acceptors (Lipinski definition) is 2. The zero-order valence-corrected chi connectivity index (χ0v) is 12.5. The molecule has 1 aliphatic heterocycles. The summed E-state index contributed by atoms with van der Waals surface area (Å²) in [6, 6.07) is 1.25. The van der Waals surface area contributed by atoms with Crippen LogP contribution in [0, 0.1) is 0 Å². The minimum atomic E-state index is 0.535. The highest BCUT2D eigenvalue weighted by Gasteiger charge is 2.22. The van der Waals surface area contributed by atoms with Gasteiger partial charge in [0.25, 0.3) is 0 Å². The Kier molecular flexibility index (Phi) is 7.09. The predicted molar refractivity (Wildman–Crippen MR) is 79.1 cm³/mol. The molecule has 0 spiro atoms. The van der Waals surface area contributed by atoms with E-state index in [-0.39, 0.29) is 0 Å². The summed E-state index contributed by atoms with van der Waals surface area (Å²) < 4.78 is 0. The van der Waals surface area contributed by atoms with E-state index in [1.165, 1.54) is 25.8 Å². The van der Waals surface area contributed by atoms with Crippen LogP contribution in [0.15, 0.2) is 4.99 Å². The minimum absolute atomic E-state index is 0.535. The molecule has 0 aliphatic carbocycles. The lowest BCUT2D eigenvalue weighted by Gasteiger charge is -2.37. The third-order valence-electron chi connectivity index (χ3n) is 3.62. The highest BCUT2D eigenvalue weighted by Crippen LogP contribution is 2.18. The van der Waals surface area contributed by atoms with Gasteiger partial charge in [-0.1, -0.05) is 6.42 Å². The second kappa shape index (κ2) is 8.35. The van der Waals surface area contributed by atoms with Crippen LogP contribution in [-0.4, -0.2) is 49.1 Å². The number of nitrogens with zero attached hydrogens (tertiary/aromatic N) is 2. The van der Waals surface area contributed by atoms with Crippen molar-refractivity contribution in [2.45, 2.75) is 59.0 Å². The molecule has 18 heavy (non-hydrogen) atoms. The quantitative estimate of drug-likeness (QED) is 0.581. The van der Waals surface area contributed by atoms with Gasteiger partial charge in [0.1, 0.15) is 0 Å². The summed E-state index contributed by atoms with van der Waals surface area (Å²) in [5, 5.41) is 6.55. The molecular weight excluding hydrogens is 224 g/mol. The van der Waals surface area contributed by atoms with Crippen molar-refractivity contribution in [1.29, 1.82) is 0 Å². The van der Waals surface area contributed by atoms with Crippen molar-refractivity contribution < 1.29 is 0 Å². The Hall–Kier alpha value is -0.770. The monoisotopic (exact) mass is 254 g/mol. The van der Waals surface area contributed by atoms with Gasteiger partial charge in [0.05, 0.1) is 6.54 Å². The van der Waals surface area contributed by atoms with Gasteiger partial charge in [-0.25, -0.2) is 0 Å². The van der Waals surface area contributed by atoms with Crippen LogP contribution < -0.4 is 10.6 Å². The summed E-state index contributed by atoms with van der Waals surface area (Å²) >= 11 is 0. The average molecular weight is 254 g/mol. The summed E-state index contributed by atoms with van der Waals surface area (Å²) in [5.41, 5.74) is 0. The van der Waals surface area contributed by atoms with Crippen molar-refractivity contribution in [3.8, 4) is 0 Å². The van der Waals surface area contributed by atoms with Gasteiger partial charge in [-0.05, 0) is 47.1 Å². The normalized spacial score (nSPS) is 22.3. The second-order valence-electron chi connectivity index (χ2n) is 5.18. The van der Waals surface area contributed by atoms with E-state index >= 15 is 0 Å². The molecule has 0 amide bonds. The van der Waals surface area contributed by atoms with Crippen LogP contribution in [-0.2, 0) is 0 Å². The molecule has 106 valence electrons. The molecule has 1 rings (SSSR count). The molecule has 0 radical (unpaired) electrons. The van der Waals surface area contributed by atoms with Gasteiger partial charge in [-0.15, -0.1) is 0 Å². The summed E-state index contributed by atoms with van der Waals surface area (Å²) in [6.07, 6.45) is 4.06. The summed E-state index contributed by atoms with van der Waals surface area (Å²) in [5.74, 6) is 0.941. The smallest absolute Gasteiger partial charge is 0.191 e. The van der Waals surface area contributed by atoms with Crippen molar-refractivity contribution in [1.82, 2.24) is 15.5 Å². The zero-order chi connectivity index (χ0) is 13.4. The van der Waals surface area contributed by atoms with E-state index in [2.05, 4.69) is 48.2 Å². The highest BCUT2D eigenvalue weighted by atomic mass is 15.2. The Labute approximate surface area is 112 Å². The van der Waals surface area contributed by atoms with E-state index in [0.29, 0.717) is 12.1 Å². The molecule has 1 aliphatic rings. The van der Waals surface area contributed by atoms with Crippen LogP contribution >= 0.6 is 0 Å². The molecule has 1 fully saturated rings. The largest absolute Gasteiger partial charge is 0.357 e. The number of nitrogens with one attached hydrogen (secondary N) is 2. The van der Waals surface area contributed by atoms with Crippen molar-refractivity contribution in [3.63, 3.8) is 0 Å². The fraction of sp³-hybridized carbons (Fsp3) is 0.929. The van der Waals surface area contributed by atoms with Crippen molar-refractivity contribution in [3.05, 3.63) is 0 Å². The molecule has 2 N–H and O–H groups in total. The van der Waals surface area contributed by atoms with Gasteiger partial charge >= 0.3 is 0 Å². The second-order valence-corrected chi connectivity index (χ2v) is 5.18. The topological polar surface area (TPSA) is 39.7 Å². The lowest BCUT2D eigenvalue weighted by atomic mass is 10.0. The van der Waals surface area contributed by atoms with Crippen LogP contribution in [0.4, 0.5) is 0 Å². The van der Waals surface area contributed by atoms with E-state index in [1.54, 1.807) is 0 Å². The first-order chi connectivity index (χ1) is 8.69. The Morgan fingerprint density at radius 1 is 1.28 bits per heavy atom. The average Bonchev–Trinajstić information content (AvgIpc) is 2.36. The van der Waals surface area contributed by atoms with Gasteiger partial charge in [-0.2, -0.15) is 0 Å². The lowest BCUT2D eigenvalue weighted by Crippen LogP contribution is -2.45. The Morgan fingerprint density at radius 2 is 1.94 bits per heavy atom. The minimum Gasteiger partial charge on any atom is -0.357 e. The number of hydrogen-bond donors (Lipinski definition) is 2. The first-order valence-corrected chi connectivity index (χ1v) is 7.46. The number of rotatable bonds is 5. The molecule has 0 aromatic heterocycles. The van der Waals surface area contributed by atoms with Crippen LogP contribution in [0.25, 0.3) is 0 Å². The molecule has 0 saturated carbocycles. The number of likely N-dealkylation sites (tertiary alicyclic amines) is 1. The highest BCUT2D eigenvalue weighted by molar-refractivity contribution is 5.79. The molecule has 4 nitrogen and oxygen atoms in total. The van der Waals surface area contributed by atoms with Crippen molar-refractivity contribution >= 4 is 5.96 Å². The van der Waals surface area contributed by atoms with Gasteiger partial charge < -0.3 is 10.6 Å². The number of guanidine groups is 1. The Bertz CT molecular complexity index is 244. The number of aliphatic imine (C=N–C) groups is 1. The molecule has 2 atom stereocenters. The first-order valence-electron chi connectivity index (χ1n) is 7.46. The molecule has 0 aromatic rings. The zero-order valence-electron chi connectivity index (χ0n) is 12.5. The first kappa shape index (κ1) is 15.3. The lowest BCUT2D eigenvalue weighted by molar-refractivity contribution is 0.118. The predicted octanol–water partition coefficient (Wildman–Crippen LogP) is 1.82. The van der Waals surface area contributed by atoms with Crippen LogP contribution in [0.2, 0.25) is 0 Å². The van der Waals surface area contributed by atoms with Gasteiger partial charge in [-0.3, -0.25) is 9.89 Å². The van der Waals surface area contributed by atoms with E-state index in [4.69, 9.17) is 0 Å². The maximum atomic E-state index is 4.67. The van der Waals surface area contributed by atoms with Gasteiger partial charge in [0, 0.05) is 25.2 Å². The molecule has 0 bridgehead atoms. The van der Waals surface area contributed by atoms with E-state index in [0.717, 1.165) is 25.6 Å². The Morgan fingerprint density at radius 3 is 2.50 bits per heavy atom. The van der Waals surface area contributed by atoms with Crippen LogP contribution in [0.5, 0.6) is 0 Å². The van der Waals surface area contributed by atoms with Crippen molar-refractivity contribution in [2.75, 3.05) is 26.2 Å². The molecule has 0 aromatic carbocycles. The SMILES string of the molecule is CCNC(=NCC(C)N1CCCCC1C)NCC.